The van der Waals surface area contributed by atoms with E-state index in [4.69, 9.17) is 9.47 Å². The molecule has 0 aliphatic heterocycles. The summed E-state index contributed by atoms with van der Waals surface area (Å²) in [5.41, 5.74) is -1.94. The quantitative estimate of drug-likeness (QED) is 0.123. The van der Waals surface area contributed by atoms with Gasteiger partial charge in [0.05, 0.1) is 11.7 Å². The SMILES string of the molecule is CC(C)CCC[C@@H](C)[C@H]1CC[C@H]2[C@@H]3C[C@@H](NCCCCN(CCCNC(=O)OC(C)(C)C)C(=O)OC(C)(C)C)[C@@]4(O)C[C@@H](O)CC[C@]4(C)[C@H]3CC[C@]12C. The van der Waals surface area contributed by atoms with Crippen LogP contribution in [-0.4, -0.2) is 82.4 Å². The normalized spacial score (nSPS) is 34.8. The van der Waals surface area contributed by atoms with Crippen LogP contribution in [0.4, 0.5) is 9.59 Å². The van der Waals surface area contributed by atoms with Gasteiger partial charge in [0.15, 0.2) is 0 Å². The second-order valence-electron chi connectivity index (χ2n) is 20.8. The summed E-state index contributed by atoms with van der Waals surface area (Å²) in [6, 6.07) is -0.0607. The second-order valence-corrected chi connectivity index (χ2v) is 20.8. The number of fused-ring (bicyclic) bond motifs is 5. The van der Waals surface area contributed by atoms with Crippen LogP contribution in [0.2, 0.25) is 0 Å². The molecule has 0 unspecified atom stereocenters. The van der Waals surface area contributed by atoms with Crippen molar-refractivity contribution in [1.82, 2.24) is 15.5 Å². The molecular weight excluding hydrogens is 666 g/mol. The van der Waals surface area contributed by atoms with Crippen molar-refractivity contribution in [2.24, 2.45) is 46.3 Å². The second kappa shape index (κ2) is 17.7. The Morgan fingerprint density at radius 2 is 1.51 bits per heavy atom. The standard InChI is InChI=1S/C44H81N3O6/c1-30(2)16-14-17-31(3)34-18-19-35-33-28-37(44(51)29-32(48)20-23-43(44,11)36(33)21-22-42(34,35)10)45-24-12-13-26-47(39(50)53-41(7,8)9)27-15-25-46-38(49)52-40(4,5)6/h30-37,45,48,51H,12-29H2,1-11H3,(H,46,49)/t31-,32+,33+,34-,35+,36+,37-,42-,43-,44+/m1/s1. The van der Waals surface area contributed by atoms with Crippen LogP contribution in [-0.2, 0) is 9.47 Å². The summed E-state index contributed by atoms with van der Waals surface area (Å²) in [6.45, 7) is 25.5. The molecule has 4 N–H and O–H groups in total. The minimum Gasteiger partial charge on any atom is -0.444 e. The lowest BCUT2D eigenvalue weighted by Gasteiger charge is -2.66. The first-order valence-corrected chi connectivity index (χ1v) is 21.7. The van der Waals surface area contributed by atoms with Gasteiger partial charge in [-0.1, -0.05) is 53.9 Å². The first-order valence-electron chi connectivity index (χ1n) is 21.7. The average Bonchev–Trinajstić information content (AvgIpc) is 3.38. The van der Waals surface area contributed by atoms with Crippen LogP contribution in [0.3, 0.4) is 0 Å². The maximum absolute atomic E-state index is 13.2. The zero-order chi connectivity index (χ0) is 39.4. The molecule has 0 saturated heterocycles. The van der Waals surface area contributed by atoms with Gasteiger partial charge in [-0.3, -0.25) is 0 Å². The predicted octanol–water partition coefficient (Wildman–Crippen LogP) is 9.08. The highest BCUT2D eigenvalue weighted by molar-refractivity contribution is 5.68. The van der Waals surface area contributed by atoms with Crippen LogP contribution in [0, 0.1) is 46.3 Å². The number of aliphatic hydroxyl groups is 2. The van der Waals surface area contributed by atoms with Gasteiger partial charge in [0.25, 0.3) is 0 Å². The number of nitrogens with one attached hydrogen (secondary N) is 2. The molecule has 9 heteroatoms. The van der Waals surface area contributed by atoms with E-state index in [1.165, 1.54) is 44.9 Å². The predicted molar refractivity (Wildman–Crippen MR) is 214 cm³/mol. The van der Waals surface area contributed by atoms with Gasteiger partial charge in [0.1, 0.15) is 11.2 Å². The molecule has 9 nitrogen and oxygen atoms in total. The number of alkyl carbamates (subject to hydrolysis) is 1. The average molecular weight is 748 g/mol. The number of carbonyl (C=O) groups excluding carboxylic acids is 2. The molecule has 0 heterocycles. The van der Waals surface area contributed by atoms with Gasteiger partial charge in [-0.2, -0.15) is 0 Å². The first kappa shape index (κ1) is 44.1. The molecule has 0 aromatic heterocycles. The van der Waals surface area contributed by atoms with Gasteiger partial charge in [-0.15, -0.1) is 0 Å². The van der Waals surface area contributed by atoms with Crippen LogP contribution in [0.15, 0.2) is 0 Å². The van der Waals surface area contributed by atoms with E-state index in [1.807, 2.05) is 41.5 Å². The van der Waals surface area contributed by atoms with E-state index in [1.54, 1.807) is 4.90 Å². The Labute approximate surface area is 323 Å². The Morgan fingerprint density at radius 1 is 0.830 bits per heavy atom. The number of carbonyl (C=O) groups is 2. The molecule has 4 saturated carbocycles. The number of hydrogen-bond donors (Lipinski definition) is 4. The molecule has 0 spiro atoms. The summed E-state index contributed by atoms with van der Waals surface area (Å²) in [5.74, 6) is 4.11. The zero-order valence-corrected chi connectivity index (χ0v) is 35.8. The Kier molecular flexibility index (Phi) is 14.7. The fourth-order valence-corrected chi connectivity index (χ4v) is 11.7. The van der Waals surface area contributed by atoms with E-state index in [0.717, 1.165) is 56.4 Å². The minimum absolute atomic E-state index is 0.0607. The fraction of sp³-hybridized carbons (Fsp3) is 0.955. The van der Waals surface area contributed by atoms with Crippen molar-refractivity contribution in [2.45, 2.75) is 195 Å². The summed E-state index contributed by atoms with van der Waals surface area (Å²) < 4.78 is 11.1. The fourth-order valence-electron chi connectivity index (χ4n) is 11.7. The maximum Gasteiger partial charge on any atom is 0.410 e. The zero-order valence-electron chi connectivity index (χ0n) is 35.8. The van der Waals surface area contributed by atoms with Gasteiger partial charge >= 0.3 is 12.2 Å². The Balaban J connectivity index is 1.39. The van der Waals surface area contributed by atoms with E-state index >= 15 is 0 Å². The molecule has 10 atom stereocenters. The van der Waals surface area contributed by atoms with Crippen molar-refractivity contribution in [1.29, 1.82) is 0 Å². The van der Waals surface area contributed by atoms with Crippen LogP contribution >= 0.6 is 0 Å². The lowest BCUT2D eigenvalue weighted by atomic mass is 9.42. The lowest BCUT2D eigenvalue weighted by molar-refractivity contribution is -0.234. The van der Waals surface area contributed by atoms with Gasteiger partial charge in [-0.25, -0.2) is 9.59 Å². The van der Waals surface area contributed by atoms with Crippen LogP contribution in [0.25, 0.3) is 0 Å². The van der Waals surface area contributed by atoms with Crippen molar-refractivity contribution < 1.29 is 29.3 Å². The minimum atomic E-state index is -0.939. The molecule has 4 aliphatic rings. The Morgan fingerprint density at radius 3 is 2.17 bits per heavy atom. The van der Waals surface area contributed by atoms with Crippen molar-refractivity contribution in [2.75, 3.05) is 26.2 Å². The summed E-state index contributed by atoms with van der Waals surface area (Å²) in [5, 5.41) is 30.3. The van der Waals surface area contributed by atoms with E-state index in [9.17, 15) is 19.8 Å². The van der Waals surface area contributed by atoms with Crippen LogP contribution in [0.1, 0.15) is 166 Å². The molecule has 0 bridgehead atoms. The number of amides is 2. The third kappa shape index (κ3) is 10.8. The molecule has 4 aliphatic carbocycles. The van der Waals surface area contributed by atoms with E-state index < -0.39 is 29.0 Å². The number of unbranched alkanes of at least 4 members (excludes halogenated alkanes) is 1. The molecule has 53 heavy (non-hydrogen) atoms. The molecular formula is C44H81N3O6. The monoisotopic (exact) mass is 748 g/mol. The van der Waals surface area contributed by atoms with Gasteiger partial charge in [0, 0.05) is 37.5 Å². The highest BCUT2D eigenvalue weighted by atomic mass is 16.6. The molecule has 0 radical (unpaired) electrons. The van der Waals surface area contributed by atoms with Crippen LogP contribution < -0.4 is 10.6 Å². The first-order chi connectivity index (χ1) is 24.6. The topological polar surface area (TPSA) is 120 Å². The number of aliphatic hydroxyl groups excluding tert-OH is 1. The molecule has 0 aromatic carbocycles. The van der Waals surface area contributed by atoms with Crippen molar-refractivity contribution in [3.05, 3.63) is 0 Å². The summed E-state index contributed by atoms with van der Waals surface area (Å²) in [7, 11) is 0. The molecule has 0 aromatic rings. The lowest BCUT2D eigenvalue weighted by Crippen LogP contribution is -2.71. The summed E-state index contributed by atoms with van der Waals surface area (Å²) in [6.07, 6.45) is 13.2. The third-order valence-electron chi connectivity index (χ3n) is 14.2. The van der Waals surface area contributed by atoms with Crippen LogP contribution in [0.5, 0.6) is 0 Å². The van der Waals surface area contributed by atoms with Crippen molar-refractivity contribution in [3.63, 3.8) is 0 Å². The summed E-state index contributed by atoms with van der Waals surface area (Å²) >= 11 is 0. The Bertz CT molecular complexity index is 1200. The number of ether oxygens (including phenoxy) is 2. The number of hydrogen-bond acceptors (Lipinski definition) is 7. The number of nitrogens with zero attached hydrogens (tertiary/aromatic N) is 1. The van der Waals surface area contributed by atoms with Crippen molar-refractivity contribution in [3.8, 4) is 0 Å². The highest BCUT2D eigenvalue weighted by Crippen LogP contribution is 2.69. The highest BCUT2D eigenvalue weighted by Gasteiger charge is 2.67. The summed E-state index contributed by atoms with van der Waals surface area (Å²) in [4.78, 5) is 27.0. The number of rotatable bonds is 15. The van der Waals surface area contributed by atoms with Crippen molar-refractivity contribution >= 4 is 12.2 Å². The van der Waals surface area contributed by atoms with Gasteiger partial charge < -0.3 is 35.2 Å². The van der Waals surface area contributed by atoms with Gasteiger partial charge in [0.2, 0.25) is 0 Å². The smallest absolute Gasteiger partial charge is 0.410 e. The Hall–Kier alpha value is -1.58. The molecule has 4 fully saturated rings. The molecule has 308 valence electrons. The van der Waals surface area contributed by atoms with E-state index in [-0.39, 0.29) is 17.6 Å². The van der Waals surface area contributed by atoms with E-state index in [2.05, 4.69) is 45.3 Å². The third-order valence-corrected chi connectivity index (χ3v) is 14.2. The largest absolute Gasteiger partial charge is 0.444 e. The van der Waals surface area contributed by atoms with E-state index in [0.29, 0.717) is 55.6 Å². The molecule has 2 amide bonds. The maximum atomic E-state index is 13.2. The van der Waals surface area contributed by atoms with Gasteiger partial charge in [-0.05, 0) is 153 Å². The molecule has 4 rings (SSSR count).